The van der Waals surface area contributed by atoms with E-state index in [1.54, 1.807) is 0 Å². The van der Waals surface area contributed by atoms with Crippen LogP contribution in [0.25, 0.3) is 0 Å². The van der Waals surface area contributed by atoms with Gasteiger partial charge in [0, 0.05) is 12.1 Å². The number of rotatable bonds is 2. The molecule has 0 aromatic heterocycles. The molecule has 0 saturated heterocycles. The maximum absolute atomic E-state index is 9.88. The van der Waals surface area contributed by atoms with Crippen molar-refractivity contribution in [3.8, 4) is 5.75 Å². The topological polar surface area (TPSA) is 23.5 Å². The number of phenols is 1. The summed E-state index contributed by atoms with van der Waals surface area (Å²) in [5.41, 5.74) is 2.54. The van der Waals surface area contributed by atoms with E-state index in [9.17, 15) is 5.11 Å². The van der Waals surface area contributed by atoms with Crippen molar-refractivity contribution in [2.24, 2.45) is 0 Å². The molecule has 3 rings (SSSR count). The Bertz CT molecular complexity index is 409. The number of nitrogens with zero attached hydrogens (tertiary/aromatic N) is 1. The van der Waals surface area contributed by atoms with Crippen LogP contribution in [0, 0.1) is 0 Å². The molecule has 1 unspecified atom stereocenters. The van der Waals surface area contributed by atoms with E-state index in [-0.39, 0.29) is 0 Å². The minimum atomic E-state index is 0.491. The zero-order chi connectivity index (χ0) is 11.8. The molecule has 92 valence electrons. The summed E-state index contributed by atoms with van der Waals surface area (Å²) in [5.74, 6) is 0.491. The molecule has 0 radical (unpaired) electrons. The van der Waals surface area contributed by atoms with Gasteiger partial charge < -0.3 is 5.11 Å². The summed E-state index contributed by atoms with van der Waals surface area (Å²) in [6.45, 7) is 0. The molecule has 1 atom stereocenters. The lowest BCUT2D eigenvalue weighted by molar-refractivity contribution is 0.175. The quantitative estimate of drug-likeness (QED) is 0.844. The summed E-state index contributed by atoms with van der Waals surface area (Å²) in [6, 6.07) is 7.28. The predicted molar refractivity (Wildman–Crippen MR) is 69.2 cm³/mol. The number of fused-ring (bicyclic) bond motifs is 1. The molecular weight excluding hydrogens is 210 g/mol. The van der Waals surface area contributed by atoms with E-state index in [1.807, 2.05) is 12.1 Å². The van der Waals surface area contributed by atoms with Crippen LogP contribution in [0.5, 0.6) is 5.75 Å². The first-order valence-corrected chi connectivity index (χ1v) is 6.80. The molecule has 2 heteroatoms. The van der Waals surface area contributed by atoms with Crippen LogP contribution in [-0.2, 0) is 6.42 Å². The van der Waals surface area contributed by atoms with Crippen LogP contribution in [0.2, 0.25) is 0 Å². The summed E-state index contributed by atoms with van der Waals surface area (Å²) in [4.78, 5) is 2.55. The minimum absolute atomic E-state index is 0.491. The number of benzene rings is 1. The molecular formula is C15H21NO. The molecule has 0 spiro atoms. The summed E-state index contributed by atoms with van der Waals surface area (Å²) in [5, 5.41) is 9.88. The average Bonchev–Trinajstić information content (AvgIpc) is 2.98. The van der Waals surface area contributed by atoms with Gasteiger partial charge in [-0.1, -0.05) is 25.0 Å². The molecule has 0 aliphatic heterocycles. The highest BCUT2D eigenvalue weighted by molar-refractivity contribution is 5.44. The van der Waals surface area contributed by atoms with Crippen molar-refractivity contribution in [3.05, 3.63) is 29.3 Å². The molecule has 1 saturated carbocycles. The number of hydrogen-bond donors (Lipinski definition) is 1. The van der Waals surface area contributed by atoms with Crippen molar-refractivity contribution in [2.45, 2.75) is 50.6 Å². The monoisotopic (exact) mass is 231 g/mol. The Labute approximate surface area is 103 Å². The van der Waals surface area contributed by atoms with Gasteiger partial charge in [0.05, 0.1) is 0 Å². The van der Waals surface area contributed by atoms with E-state index in [0.717, 1.165) is 12.5 Å². The third kappa shape index (κ3) is 1.85. The second kappa shape index (κ2) is 4.34. The van der Waals surface area contributed by atoms with E-state index in [2.05, 4.69) is 18.0 Å². The lowest BCUT2D eigenvalue weighted by atomic mass is 10.0. The molecule has 2 nitrogen and oxygen atoms in total. The lowest BCUT2D eigenvalue weighted by Gasteiger charge is -2.31. The maximum atomic E-state index is 9.88. The van der Waals surface area contributed by atoms with Crippen molar-refractivity contribution in [1.29, 1.82) is 0 Å². The summed E-state index contributed by atoms with van der Waals surface area (Å²) in [7, 11) is 2.26. The fourth-order valence-electron chi connectivity index (χ4n) is 3.60. The third-order valence-corrected chi connectivity index (χ3v) is 4.61. The average molecular weight is 231 g/mol. The van der Waals surface area contributed by atoms with Crippen LogP contribution in [0.3, 0.4) is 0 Å². The largest absolute Gasteiger partial charge is 0.508 e. The Hall–Kier alpha value is -1.02. The minimum Gasteiger partial charge on any atom is -0.508 e. The van der Waals surface area contributed by atoms with Crippen molar-refractivity contribution in [2.75, 3.05) is 7.05 Å². The van der Waals surface area contributed by atoms with Gasteiger partial charge in [-0.25, -0.2) is 0 Å². The smallest absolute Gasteiger partial charge is 0.119 e. The zero-order valence-corrected chi connectivity index (χ0v) is 10.5. The highest BCUT2D eigenvalue weighted by Crippen LogP contribution is 2.41. The number of aromatic hydroxyl groups is 1. The molecule has 2 aliphatic rings. The second-order valence-corrected chi connectivity index (χ2v) is 5.50. The summed E-state index contributed by atoms with van der Waals surface area (Å²) < 4.78 is 0. The van der Waals surface area contributed by atoms with Crippen molar-refractivity contribution >= 4 is 0 Å². The van der Waals surface area contributed by atoms with Gasteiger partial charge in [-0.15, -0.1) is 0 Å². The van der Waals surface area contributed by atoms with Gasteiger partial charge in [0.15, 0.2) is 0 Å². The lowest BCUT2D eigenvalue weighted by Crippen LogP contribution is -2.32. The molecule has 0 amide bonds. The first-order chi connectivity index (χ1) is 8.27. The Balaban J connectivity index is 1.85. The van der Waals surface area contributed by atoms with Crippen LogP contribution < -0.4 is 0 Å². The molecule has 1 aromatic rings. The summed E-state index contributed by atoms with van der Waals surface area (Å²) in [6.07, 6.45) is 7.66. The fraction of sp³-hybridized carbons (Fsp3) is 0.600. The van der Waals surface area contributed by atoms with Gasteiger partial charge in [-0.3, -0.25) is 4.90 Å². The maximum Gasteiger partial charge on any atom is 0.119 e. The normalized spacial score (nSPS) is 24.5. The van der Waals surface area contributed by atoms with E-state index in [4.69, 9.17) is 0 Å². The molecule has 17 heavy (non-hydrogen) atoms. The van der Waals surface area contributed by atoms with Gasteiger partial charge in [0.25, 0.3) is 0 Å². The SMILES string of the molecule is CN(C1CCCC1)C1CCc2c(O)cccc21. The van der Waals surface area contributed by atoms with Gasteiger partial charge in [0.1, 0.15) is 5.75 Å². The first-order valence-electron chi connectivity index (χ1n) is 6.80. The molecule has 1 fully saturated rings. The van der Waals surface area contributed by atoms with E-state index in [1.165, 1.54) is 43.2 Å². The van der Waals surface area contributed by atoms with E-state index >= 15 is 0 Å². The van der Waals surface area contributed by atoms with Gasteiger partial charge >= 0.3 is 0 Å². The zero-order valence-electron chi connectivity index (χ0n) is 10.5. The molecule has 0 heterocycles. The second-order valence-electron chi connectivity index (χ2n) is 5.50. The van der Waals surface area contributed by atoms with E-state index < -0.39 is 0 Å². The van der Waals surface area contributed by atoms with Crippen molar-refractivity contribution < 1.29 is 5.11 Å². The number of phenolic OH excluding ortho intramolecular Hbond substituents is 1. The Morgan fingerprint density at radius 2 is 1.94 bits per heavy atom. The Morgan fingerprint density at radius 3 is 2.71 bits per heavy atom. The van der Waals surface area contributed by atoms with Crippen LogP contribution >= 0.6 is 0 Å². The van der Waals surface area contributed by atoms with Crippen LogP contribution in [0.1, 0.15) is 49.3 Å². The van der Waals surface area contributed by atoms with Crippen LogP contribution in [-0.4, -0.2) is 23.1 Å². The summed E-state index contributed by atoms with van der Waals surface area (Å²) >= 11 is 0. The van der Waals surface area contributed by atoms with Gasteiger partial charge in [-0.2, -0.15) is 0 Å². The molecule has 2 aliphatic carbocycles. The predicted octanol–water partition coefficient (Wildman–Crippen LogP) is 3.25. The standard InChI is InChI=1S/C15H21NO/c1-16(11-5-2-3-6-11)14-10-9-13-12(14)7-4-8-15(13)17/h4,7-8,11,14,17H,2-3,5-6,9-10H2,1H3. The van der Waals surface area contributed by atoms with Crippen molar-refractivity contribution in [1.82, 2.24) is 4.90 Å². The molecule has 0 bridgehead atoms. The van der Waals surface area contributed by atoms with Crippen molar-refractivity contribution in [3.63, 3.8) is 0 Å². The molecule has 1 N–H and O–H groups in total. The van der Waals surface area contributed by atoms with E-state index in [0.29, 0.717) is 11.8 Å². The first kappa shape index (κ1) is 11.1. The highest BCUT2D eigenvalue weighted by Gasteiger charge is 2.32. The Morgan fingerprint density at radius 1 is 1.18 bits per heavy atom. The van der Waals surface area contributed by atoms with Gasteiger partial charge in [-0.05, 0) is 49.9 Å². The number of hydrogen-bond acceptors (Lipinski definition) is 2. The third-order valence-electron chi connectivity index (χ3n) is 4.61. The molecule has 1 aromatic carbocycles. The Kier molecular flexibility index (Phi) is 2.83. The fourth-order valence-corrected chi connectivity index (χ4v) is 3.60. The van der Waals surface area contributed by atoms with Crippen LogP contribution in [0.15, 0.2) is 18.2 Å². The van der Waals surface area contributed by atoms with Gasteiger partial charge in [0.2, 0.25) is 0 Å². The van der Waals surface area contributed by atoms with Crippen LogP contribution in [0.4, 0.5) is 0 Å². The highest BCUT2D eigenvalue weighted by atomic mass is 16.3.